The molecule has 2 heterocycles. The maximum Gasteiger partial charge on any atom is 0.323 e. The number of carboxylic acid groups (broad SMARTS) is 1. The summed E-state index contributed by atoms with van der Waals surface area (Å²) in [5.74, 6) is 0.190. The summed E-state index contributed by atoms with van der Waals surface area (Å²) < 4.78 is 7.24. The molecule has 0 saturated carbocycles. The molecule has 20 heavy (non-hydrogen) atoms. The lowest BCUT2D eigenvalue weighted by Gasteiger charge is -2.10. The molecule has 0 amide bonds. The zero-order valence-corrected chi connectivity index (χ0v) is 11.7. The molecular weight excluding hydrogens is 256 g/mol. The normalized spacial score (nSPS) is 18.8. The van der Waals surface area contributed by atoms with Gasteiger partial charge in [-0.2, -0.15) is 0 Å². The highest BCUT2D eigenvalue weighted by atomic mass is 16.5. The summed E-state index contributed by atoms with van der Waals surface area (Å²) in [6.07, 6.45) is 0.904. The van der Waals surface area contributed by atoms with Crippen molar-refractivity contribution in [2.45, 2.75) is 32.7 Å². The van der Waals surface area contributed by atoms with Gasteiger partial charge in [0.05, 0.1) is 17.6 Å². The van der Waals surface area contributed by atoms with Crippen LogP contribution in [-0.4, -0.2) is 33.8 Å². The number of nitrogens with zero attached hydrogens (tertiary/aromatic N) is 2. The van der Waals surface area contributed by atoms with Gasteiger partial charge in [0.15, 0.2) is 0 Å². The lowest BCUT2D eigenvalue weighted by Crippen LogP contribution is -2.15. The number of benzene rings is 1. The molecule has 0 bridgehead atoms. The fraction of sp³-hybridized carbons (Fsp3) is 0.467. The first-order chi connectivity index (χ1) is 9.56. The van der Waals surface area contributed by atoms with Crippen molar-refractivity contribution < 1.29 is 14.6 Å². The number of carboxylic acids is 1. The minimum atomic E-state index is -0.845. The summed E-state index contributed by atoms with van der Waals surface area (Å²) in [6, 6.07) is 4.06. The van der Waals surface area contributed by atoms with E-state index >= 15 is 0 Å². The average molecular weight is 274 g/mol. The monoisotopic (exact) mass is 274 g/mol. The predicted molar refractivity (Wildman–Crippen MR) is 75.0 cm³/mol. The first kappa shape index (κ1) is 13.1. The highest BCUT2D eigenvalue weighted by Gasteiger charge is 2.25. The van der Waals surface area contributed by atoms with Crippen LogP contribution in [0.2, 0.25) is 0 Å². The number of aromatic nitrogens is 2. The van der Waals surface area contributed by atoms with E-state index in [2.05, 4.69) is 4.98 Å². The molecule has 1 unspecified atom stereocenters. The Morgan fingerprint density at radius 3 is 2.85 bits per heavy atom. The number of ether oxygens (including phenoxy) is 1. The van der Waals surface area contributed by atoms with Gasteiger partial charge in [0.2, 0.25) is 0 Å². The molecule has 1 atom stereocenters. The van der Waals surface area contributed by atoms with Crippen LogP contribution in [-0.2, 0) is 16.1 Å². The fourth-order valence-corrected chi connectivity index (χ4v) is 2.75. The number of hydrogen-bond donors (Lipinski definition) is 1. The van der Waals surface area contributed by atoms with Gasteiger partial charge in [-0.1, -0.05) is 0 Å². The van der Waals surface area contributed by atoms with E-state index in [1.165, 1.54) is 5.56 Å². The number of fused-ring (bicyclic) bond motifs is 1. The number of aliphatic carboxylic acids is 1. The minimum absolute atomic E-state index is 0.0508. The van der Waals surface area contributed by atoms with Crippen LogP contribution >= 0.6 is 0 Å². The van der Waals surface area contributed by atoms with E-state index in [9.17, 15) is 4.79 Å². The summed E-state index contributed by atoms with van der Waals surface area (Å²) in [5, 5.41) is 9.16. The van der Waals surface area contributed by atoms with E-state index in [1.54, 1.807) is 0 Å². The van der Waals surface area contributed by atoms with Crippen LogP contribution in [0.4, 0.5) is 0 Å². The minimum Gasteiger partial charge on any atom is -0.480 e. The first-order valence-electron chi connectivity index (χ1n) is 6.83. The van der Waals surface area contributed by atoms with Crippen LogP contribution in [0.25, 0.3) is 11.0 Å². The first-order valence-corrected chi connectivity index (χ1v) is 6.83. The van der Waals surface area contributed by atoms with Crippen molar-refractivity contribution in [3.05, 3.63) is 29.1 Å². The second-order valence-corrected chi connectivity index (χ2v) is 5.44. The Morgan fingerprint density at radius 1 is 1.45 bits per heavy atom. The molecule has 1 aliphatic heterocycles. The summed E-state index contributed by atoms with van der Waals surface area (Å²) in [6.45, 7) is 5.37. The predicted octanol–water partition coefficient (Wildman–Crippen LogP) is 2.24. The zero-order valence-electron chi connectivity index (χ0n) is 11.7. The van der Waals surface area contributed by atoms with Crippen molar-refractivity contribution in [2.75, 3.05) is 13.2 Å². The van der Waals surface area contributed by atoms with E-state index < -0.39 is 5.97 Å². The van der Waals surface area contributed by atoms with Gasteiger partial charge in [0.25, 0.3) is 0 Å². The Labute approximate surface area is 117 Å². The summed E-state index contributed by atoms with van der Waals surface area (Å²) >= 11 is 0. The Balaban J connectivity index is 2.18. The SMILES string of the molecule is Cc1cc2nc(C3CCOC3)n(CC(=O)O)c2cc1C. The molecule has 106 valence electrons. The highest BCUT2D eigenvalue weighted by Crippen LogP contribution is 2.29. The van der Waals surface area contributed by atoms with E-state index in [-0.39, 0.29) is 12.5 Å². The topological polar surface area (TPSA) is 64.4 Å². The Kier molecular flexibility index (Phi) is 3.22. The van der Waals surface area contributed by atoms with Gasteiger partial charge in [-0.25, -0.2) is 4.98 Å². The molecule has 1 fully saturated rings. The third kappa shape index (κ3) is 2.18. The summed E-state index contributed by atoms with van der Waals surface area (Å²) in [4.78, 5) is 15.8. The van der Waals surface area contributed by atoms with Gasteiger partial charge in [0.1, 0.15) is 12.4 Å². The van der Waals surface area contributed by atoms with Crippen molar-refractivity contribution in [3.63, 3.8) is 0 Å². The van der Waals surface area contributed by atoms with Gasteiger partial charge >= 0.3 is 5.97 Å². The summed E-state index contributed by atoms with van der Waals surface area (Å²) in [5.41, 5.74) is 4.10. The lowest BCUT2D eigenvalue weighted by molar-refractivity contribution is -0.137. The van der Waals surface area contributed by atoms with Gasteiger partial charge in [-0.05, 0) is 43.5 Å². The standard InChI is InChI=1S/C15H18N2O3/c1-9-5-12-13(6-10(9)2)17(7-14(18)19)15(16-12)11-3-4-20-8-11/h5-6,11H,3-4,7-8H2,1-2H3,(H,18,19). The number of hydrogen-bond acceptors (Lipinski definition) is 3. The van der Waals surface area contributed by atoms with Crippen molar-refractivity contribution >= 4 is 17.0 Å². The average Bonchev–Trinajstić information content (AvgIpc) is 2.99. The number of imidazole rings is 1. The van der Waals surface area contributed by atoms with Crippen molar-refractivity contribution in [1.29, 1.82) is 0 Å². The number of aryl methyl sites for hydroxylation is 2. The van der Waals surface area contributed by atoms with Crippen LogP contribution in [0.1, 0.15) is 29.3 Å². The van der Waals surface area contributed by atoms with Crippen LogP contribution in [0.15, 0.2) is 12.1 Å². The molecule has 0 aliphatic carbocycles. The van der Waals surface area contributed by atoms with Gasteiger partial charge < -0.3 is 14.4 Å². The van der Waals surface area contributed by atoms with Crippen molar-refractivity contribution in [2.24, 2.45) is 0 Å². The molecule has 5 nitrogen and oxygen atoms in total. The maximum atomic E-state index is 11.1. The molecule has 0 spiro atoms. The van der Waals surface area contributed by atoms with Crippen LogP contribution < -0.4 is 0 Å². The number of rotatable bonds is 3. The zero-order chi connectivity index (χ0) is 14.3. The smallest absolute Gasteiger partial charge is 0.323 e. The van der Waals surface area contributed by atoms with E-state index in [0.29, 0.717) is 6.61 Å². The third-order valence-electron chi connectivity index (χ3n) is 3.98. The van der Waals surface area contributed by atoms with Crippen molar-refractivity contribution in [1.82, 2.24) is 9.55 Å². The van der Waals surface area contributed by atoms with Crippen LogP contribution in [0.3, 0.4) is 0 Å². The molecule has 0 radical (unpaired) electrons. The second-order valence-electron chi connectivity index (χ2n) is 5.44. The van der Waals surface area contributed by atoms with Gasteiger partial charge in [0, 0.05) is 12.5 Å². The molecule has 3 rings (SSSR count). The highest BCUT2D eigenvalue weighted by molar-refractivity contribution is 5.80. The van der Waals surface area contributed by atoms with E-state index in [0.717, 1.165) is 35.4 Å². The molecule has 1 aromatic carbocycles. The molecular formula is C15H18N2O3. The largest absolute Gasteiger partial charge is 0.480 e. The molecule has 1 saturated heterocycles. The molecule has 1 aliphatic rings. The molecule has 1 aromatic heterocycles. The van der Waals surface area contributed by atoms with Gasteiger partial charge in [-0.3, -0.25) is 4.79 Å². The number of carbonyl (C=O) groups is 1. The molecule has 5 heteroatoms. The fourth-order valence-electron chi connectivity index (χ4n) is 2.75. The lowest BCUT2D eigenvalue weighted by atomic mass is 10.1. The maximum absolute atomic E-state index is 11.1. The van der Waals surface area contributed by atoms with E-state index in [4.69, 9.17) is 9.84 Å². The quantitative estimate of drug-likeness (QED) is 0.932. The second kappa shape index (κ2) is 4.90. The van der Waals surface area contributed by atoms with Gasteiger partial charge in [-0.15, -0.1) is 0 Å². The Hall–Kier alpha value is -1.88. The van der Waals surface area contributed by atoms with Crippen LogP contribution in [0, 0.1) is 13.8 Å². The molecule has 1 N–H and O–H groups in total. The van der Waals surface area contributed by atoms with Crippen LogP contribution in [0.5, 0.6) is 0 Å². The third-order valence-corrected chi connectivity index (χ3v) is 3.98. The summed E-state index contributed by atoms with van der Waals surface area (Å²) in [7, 11) is 0. The Bertz CT molecular complexity index is 669. The molecule has 2 aromatic rings. The van der Waals surface area contributed by atoms with E-state index in [1.807, 2.05) is 30.5 Å². The van der Waals surface area contributed by atoms with Crippen molar-refractivity contribution in [3.8, 4) is 0 Å². The Morgan fingerprint density at radius 2 is 2.20 bits per heavy atom.